The normalized spacial score (nSPS) is 10.6. The average Bonchev–Trinajstić information content (AvgIpc) is 3.04. The van der Waals surface area contributed by atoms with Crippen molar-refractivity contribution in [1.82, 2.24) is 0 Å². The zero-order valence-electron chi connectivity index (χ0n) is 16.4. The highest BCUT2D eigenvalue weighted by atomic mass is 32.1. The van der Waals surface area contributed by atoms with Crippen molar-refractivity contribution < 1.29 is 28.9 Å². The molecule has 0 aliphatic carbocycles. The van der Waals surface area contributed by atoms with Crippen molar-refractivity contribution >= 4 is 29.0 Å². The highest BCUT2D eigenvalue weighted by molar-refractivity contribution is 7.18. The van der Waals surface area contributed by atoms with Crippen molar-refractivity contribution in [2.45, 2.75) is 20.4 Å². The third-order valence-corrected chi connectivity index (χ3v) is 5.79. The molecule has 0 saturated carbocycles. The smallest absolute Gasteiger partial charge is 0.349 e. The number of ether oxygens (including phenoxy) is 1. The van der Waals surface area contributed by atoms with Crippen LogP contribution in [-0.4, -0.2) is 28.8 Å². The van der Waals surface area contributed by atoms with E-state index in [1.807, 2.05) is 24.3 Å². The Balaban J connectivity index is 1.86. The predicted octanol–water partition coefficient (Wildman–Crippen LogP) is 4.94. The Kier molecular flexibility index (Phi) is 6.37. The van der Waals surface area contributed by atoms with Crippen molar-refractivity contribution in [3.8, 4) is 16.2 Å². The molecule has 3 rings (SSSR count). The topological polar surface area (TPSA) is 95.9 Å². The lowest BCUT2D eigenvalue weighted by atomic mass is 10.1. The summed E-state index contributed by atoms with van der Waals surface area (Å²) >= 11 is 1.04. The van der Waals surface area contributed by atoms with Gasteiger partial charge in [-0.1, -0.05) is 24.3 Å². The fraction of sp³-hybridized carbons (Fsp3) is 0.182. The molecule has 0 radical (unpaired) electrons. The van der Waals surface area contributed by atoms with Crippen LogP contribution in [0.2, 0.25) is 0 Å². The summed E-state index contributed by atoms with van der Waals surface area (Å²) in [7, 11) is 0. The number of nitrogens with one attached hydrogen (secondary N) is 1. The van der Waals surface area contributed by atoms with E-state index in [-0.39, 0.29) is 16.4 Å². The molecule has 0 aliphatic heterocycles. The molecule has 8 heteroatoms. The van der Waals surface area contributed by atoms with E-state index in [4.69, 9.17) is 9.84 Å². The molecule has 0 aliphatic rings. The fourth-order valence-corrected chi connectivity index (χ4v) is 4.04. The maximum absolute atomic E-state index is 13.7. The molecule has 0 atom stereocenters. The standard InChI is InChI=1S/C22H20FNO5S/c1-12-6-7-16(9-17(12)23)24-10-14-4-3-5-15(8-14)20-13(2)19(29-11-18(25)26)21(30-20)22(27)28/h3-9,24H,10-11H2,1-2H3,(H,25,26)(H,27,28). The molecule has 0 bridgehead atoms. The van der Waals surface area contributed by atoms with Crippen molar-refractivity contribution in [2.24, 2.45) is 0 Å². The van der Waals surface area contributed by atoms with Gasteiger partial charge in [0, 0.05) is 22.7 Å². The van der Waals surface area contributed by atoms with Gasteiger partial charge in [0.1, 0.15) is 11.6 Å². The molecular weight excluding hydrogens is 409 g/mol. The van der Waals surface area contributed by atoms with Gasteiger partial charge in [0.2, 0.25) is 0 Å². The number of halogens is 1. The number of hydrogen-bond donors (Lipinski definition) is 3. The van der Waals surface area contributed by atoms with E-state index in [2.05, 4.69) is 5.32 Å². The maximum Gasteiger partial charge on any atom is 0.349 e. The van der Waals surface area contributed by atoms with Crippen molar-refractivity contribution in [2.75, 3.05) is 11.9 Å². The summed E-state index contributed by atoms with van der Waals surface area (Å²) in [4.78, 5) is 23.1. The van der Waals surface area contributed by atoms with Gasteiger partial charge in [0.25, 0.3) is 0 Å². The first-order valence-electron chi connectivity index (χ1n) is 9.07. The van der Waals surface area contributed by atoms with Crippen LogP contribution in [0.1, 0.15) is 26.4 Å². The van der Waals surface area contributed by atoms with Crippen LogP contribution < -0.4 is 10.1 Å². The molecule has 30 heavy (non-hydrogen) atoms. The molecule has 0 fully saturated rings. The van der Waals surface area contributed by atoms with Gasteiger partial charge in [0.05, 0.1) is 0 Å². The molecule has 0 amide bonds. The number of aromatic carboxylic acids is 1. The van der Waals surface area contributed by atoms with Crippen LogP contribution >= 0.6 is 11.3 Å². The van der Waals surface area contributed by atoms with Gasteiger partial charge in [0.15, 0.2) is 11.5 Å². The first kappa shape index (κ1) is 21.3. The molecule has 0 saturated heterocycles. The van der Waals surface area contributed by atoms with E-state index < -0.39 is 18.5 Å². The molecule has 1 aromatic heterocycles. The molecule has 6 nitrogen and oxygen atoms in total. The lowest BCUT2D eigenvalue weighted by Gasteiger charge is -2.09. The minimum Gasteiger partial charge on any atom is -0.480 e. The first-order valence-corrected chi connectivity index (χ1v) is 9.88. The van der Waals surface area contributed by atoms with E-state index in [0.717, 1.165) is 22.5 Å². The maximum atomic E-state index is 13.7. The highest BCUT2D eigenvalue weighted by Crippen LogP contribution is 2.41. The summed E-state index contributed by atoms with van der Waals surface area (Å²) in [6.45, 7) is 3.24. The number of aryl methyl sites for hydroxylation is 1. The summed E-state index contributed by atoms with van der Waals surface area (Å²) in [6, 6.07) is 12.5. The lowest BCUT2D eigenvalue weighted by Crippen LogP contribution is -2.11. The monoisotopic (exact) mass is 429 g/mol. The van der Waals surface area contributed by atoms with Crippen molar-refractivity contribution in [3.63, 3.8) is 0 Å². The van der Waals surface area contributed by atoms with Crippen LogP contribution in [0.25, 0.3) is 10.4 Å². The number of aliphatic carboxylic acids is 1. The van der Waals surface area contributed by atoms with Gasteiger partial charge in [-0.05, 0) is 48.7 Å². The van der Waals surface area contributed by atoms with Crippen LogP contribution in [0, 0.1) is 19.7 Å². The minimum absolute atomic E-state index is 0.0394. The largest absolute Gasteiger partial charge is 0.480 e. The molecule has 2 aromatic carbocycles. The number of carboxylic acid groups (broad SMARTS) is 2. The van der Waals surface area contributed by atoms with Gasteiger partial charge in [-0.25, -0.2) is 14.0 Å². The second-order valence-corrected chi connectivity index (χ2v) is 7.74. The van der Waals surface area contributed by atoms with Gasteiger partial charge in [-0.15, -0.1) is 11.3 Å². The second-order valence-electron chi connectivity index (χ2n) is 6.72. The van der Waals surface area contributed by atoms with Crippen LogP contribution in [0.3, 0.4) is 0 Å². The Labute approximate surface area is 176 Å². The minimum atomic E-state index is -1.18. The first-order chi connectivity index (χ1) is 14.3. The van der Waals surface area contributed by atoms with Crippen molar-refractivity contribution in [1.29, 1.82) is 0 Å². The second kappa shape index (κ2) is 8.96. The van der Waals surface area contributed by atoms with Crippen LogP contribution in [0.5, 0.6) is 5.75 Å². The Bertz CT molecular complexity index is 1110. The van der Waals surface area contributed by atoms with E-state index in [1.54, 1.807) is 26.0 Å². The molecule has 0 spiro atoms. The van der Waals surface area contributed by atoms with Crippen LogP contribution in [0.15, 0.2) is 42.5 Å². The van der Waals surface area contributed by atoms with Crippen LogP contribution in [0.4, 0.5) is 10.1 Å². The number of rotatable bonds is 8. The number of carbonyl (C=O) groups is 2. The molecule has 0 unspecified atom stereocenters. The summed E-state index contributed by atoms with van der Waals surface area (Å²) in [5, 5.41) is 21.5. The van der Waals surface area contributed by atoms with E-state index >= 15 is 0 Å². The van der Waals surface area contributed by atoms with Gasteiger partial charge in [-0.2, -0.15) is 0 Å². The zero-order valence-corrected chi connectivity index (χ0v) is 17.2. The summed E-state index contributed by atoms with van der Waals surface area (Å²) < 4.78 is 18.9. The highest BCUT2D eigenvalue weighted by Gasteiger charge is 2.23. The summed E-state index contributed by atoms with van der Waals surface area (Å²) in [6.07, 6.45) is 0. The number of anilines is 1. The van der Waals surface area contributed by atoms with E-state index in [1.165, 1.54) is 6.07 Å². The quantitative estimate of drug-likeness (QED) is 0.469. The third-order valence-electron chi connectivity index (χ3n) is 4.48. The van der Waals surface area contributed by atoms with E-state index in [0.29, 0.717) is 28.2 Å². The van der Waals surface area contributed by atoms with Gasteiger partial charge in [-0.3, -0.25) is 0 Å². The summed E-state index contributed by atoms with van der Waals surface area (Å²) in [5.74, 6) is -2.56. The van der Waals surface area contributed by atoms with Gasteiger partial charge >= 0.3 is 11.9 Å². The lowest BCUT2D eigenvalue weighted by molar-refractivity contribution is -0.139. The number of benzene rings is 2. The molecule has 156 valence electrons. The molecule has 3 aromatic rings. The Morgan fingerprint density at radius 1 is 1.13 bits per heavy atom. The summed E-state index contributed by atoms with van der Waals surface area (Å²) in [5.41, 5.74) is 3.52. The average molecular weight is 429 g/mol. The molecule has 1 heterocycles. The Morgan fingerprint density at radius 3 is 2.57 bits per heavy atom. The van der Waals surface area contributed by atoms with Gasteiger partial charge < -0.3 is 20.3 Å². The fourth-order valence-electron chi connectivity index (χ4n) is 2.95. The predicted molar refractivity (Wildman–Crippen MR) is 113 cm³/mol. The van der Waals surface area contributed by atoms with Crippen molar-refractivity contribution in [3.05, 3.63) is 69.8 Å². The number of carboxylic acids is 2. The Hall–Kier alpha value is -3.39. The Morgan fingerprint density at radius 2 is 1.90 bits per heavy atom. The third kappa shape index (κ3) is 4.77. The SMILES string of the molecule is Cc1ccc(NCc2cccc(-c3sc(C(=O)O)c(OCC(=O)O)c3C)c2)cc1F. The van der Waals surface area contributed by atoms with Crippen LogP contribution in [-0.2, 0) is 11.3 Å². The number of thiophene rings is 1. The number of hydrogen-bond acceptors (Lipinski definition) is 5. The molecule has 3 N–H and O–H groups in total. The molecular formula is C22H20FNO5S. The zero-order chi connectivity index (χ0) is 21.8. The van der Waals surface area contributed by atoms with E-state index in [9.17, 15) is 19.1 Å².